The average Bonchev–Trinajstić information content (AvgIpc) is 2.52. The van der Waals surface area contributed by atoms with E-state index >= 15 is 0 Å². The normalized spacial score (nSPS) is 11.0. The van der Waals surface area contributed by atoms with Crippen LogP contribution in [0.25, 0.3) is 10.1 Å². The molecule has 0 atom stereocenters. The molecule has 0 unspecified atom stereocenters. The van der Waals surface area contributed by atoms with Gasteiger partial charge in [-0.15, -0.1) is 11.3 Å². The standard InChI is InChI=1S/C11H12BrNS/c1-2-7-4-3-5-9-10(7)8(6-12)11(13)14-9/h3-5H,2,6,13H2,1H3. The molecule has 0 radical (unpaired) electrons. The van der Waals surface area contributed by atoms with Crippen molar-refractivity contribution in [2.24, 2.45) is 0 Å². The van der Waals surface area contributed by atoms with E-state index in [2.05, 4.69) is 41.1 Å². The first kappa shape index (κ1) is 9.99. The first-order chi connectivity index (χ1) is 6.77. The van der Waals surface area contributed by atoms with Crippen LogP contribution < -0.4 is 5.73 Å². The Balaban J connectivity index is 2.82. The minimum absolute atomic E-state index is 0.843. The van der Waals surface area contributed by atoms with E-state index in [0.717, 1.165) is 16.8 Å². The fraction of sp³-hybridized carbons (Fsp3) is 0.273. The van der Waals surface area contributed by atoms with Gasteiger partial charge in [-0.1, -0.05) is 35.0 Å². The molecule has 2 rings (SSSR count). The van der Waals surface area contributed by atoms with E-state index in [4.69, 9.17) is 5.73 Å². The molecule has 0 saturated heterocycles. The summed E-state index contributed by atoms with van der Waals surface area (Å²) in [6.07, 6.45) is 1.06. The zero-order valence-corrected chi connectivity index (χ0v) is 10.4. The fourth-order valence-electron chi connectivity index (χ4n) is 1.73. The number of hydrogen-bond acceptors (Lipinski definition) is 2. The first-order valence-electron chi connectivity index (χ1n) is 4.62. The number of aryl methyl sites for hydroxylation is 1. The summed E-state index contributed by atoms with van der Waals surface area (Å²) in [5.41, 5.74) is 8.62. The van der Waals surface area contributed by atoms with Gasteiger partial charge in [-0.25, -0.2) is 0 Å². The lowest BCUT2D eigenvalue weighted by atomic mass is 10.1. The minimum Gasteiger partial charge on any atom is -0.390 e. The van der Waals surface area contributed by atoms with Crippen molar-refractivity contribution >= 4 is 42.4 Å². The summed E-state index contributed by atoms with van der Waals surface area (Å²) < 4.78 is 1.30. The van der Waals surface area contributed by atoms with Gasteiger partial charge in [0.25, 0.3) is 0 Å². The Morgan fingerprint density at radius 3 is 2.86 bits per heavy atom. The molecule has 14 heavy (non-hydrogen) atoms. The Morgan fingerprint density at radius 1 is 1.43 bits per heavy atom. The molecular weight excluding hydrogens is 258 g/mol. The van der Waals surface area contributed by atoms with E-state index in [1.165, 1.54) is 21.2 Å². The zero-order chi connectivity index (χ0) is 10.1. The van der Waals surface area contributed by atoms with Crippen LogP contribution in [0.2, 0.25) is 0 Å². The molecule has 1 heterocycles. The fourth-order valence-corrected chi connectivity index (χ4v) is 3.54. The molecule has 0 aliphatic carbocycles. The largest absolute Gasteiger partial charge is 0.390 e. The van der Waals surface area contributed by atoms with Gasteiger partial charge in [-0.3, -0.25) is 0 Å². The topological polar surface area (TPSA) is 26.0 Å². The number of rotatable bonds is 2. The highest BCUT2D eigenvalue weighted by molar-refractivity contribution is 9.08. The first-order valence-corrected chi connectivity index (χ1v) is 6.56. The number of alkyl halides is 1. The third kappa shape index (κ3) is 1.44. The lowest BCUT2D eigenvalue weighted by Crippen LogP contribution is -1.87. The lowest BCUT2D eigenvalue weighted by molar-refractivity contribution is 1.16. The molecule has 0 saturated carbocycles. The molecule has 0 amide bonds. The van der Waals surface area contributed by atoms with Crippen molar-refractivity contribution in [3.63, 3.8) is 0 Å². The predicted molar refractivity (Wildman–Crippen MR) is 68.2 cm³/mol. The Hall–Kier alpha value is -0.540. The monoisotopic (exact) mass is 269 g/mol. The van der Waals surface area contributed by atoms with Crippen LogP contribution in [-0.4, -0.2) is 0 Å². The number of nitrogen functional groups attached to an aromatic ring is 1. The van der Waals surface area contributed by atoms with Crippen molar-refractivity contribution < 1.29 is 0 Å². The van der Waals surface area contributed by atoms with Crippen LogP contribution in [0.1, 0.15) is 18.1 Å². The van der Waals surface area contributed by atoms with Crippen LogP contribution in [0.5, 0.6) is 0 Å². The average molecular weight is 270 g/mol. The molecule has 0 fully saturated rings. The zero-order valence-electron chi connectivity index (χ0n) is 8.01. The Kier molecular flexibility index (Phi) is 2.79. The summed E-state index contributed by atoms with van der Waals surface area (Å²) in [6.45, 7) is 2.18. The highest BCUT2D eigenvalue weighted by Crippen LogP contribution is 2.36. The van der Waals surface area contributed by atoms with E-state index in [-0.39, 0.29) is 0 Å². The van der Waals surface area contributed by atoms with Gasteiger partial charge < -0.3 is 5.73 Å². The molecule has 2 N–H and O–H groups in total. The lowest BCUT2D eigenvalue weighted by Gasteiger charge is -2.01. The van der Waals surface area contributed by atoms with Crippen LogP contribution in [0.4, 0.5) is 5.00 Å². The summed E-state index contributed by atoms with van der Waals surface area (Å²) in [5.74, 6) is 0. The molecule has 0 spiro atoms. The van der Waals surface area contributed by atoms with Gasteiger partial charge in [0.05, 0.1) is 5.00 Å². The number of hydrogen-bond donors (Lipinski definition) is 1. The number of anilines is 1. The van der Waals surface area contributed by atoms with Gasteiger partial charge in [0.2, 0.25) is 0 Å². The summed E-state index contributed by atoms with van der Waals surface area (Å²) in [7, 11) is 0. The summed E-state index contributed by atoms with van der Waals surface area (Å²) in [4.78, 5) is 0. The Bertz CT molecular complexity index is 462. The van der Waals surface area contributed by atoms with Crippen molar-refractivity contribution in [2.45, 2.75) is 18.7 Å². The summed E-state index contributed by atoms with van der Waals surface area (Å²) in [5, 5.41) is 3.14. The smallest absolute Gasteiger partial charge is 0.0910 e. The van der Waals surface area contributed by atoms with Gasteiger partial charge in [0.1, 0.15) is 0 Å². The molecular formula is C11H12BrNS. The van der Waals surface area contributed by atoms with E-state index < -0.39 is 0 Å². The van der Waals surface area contributed by atoms with Gasteiger partial charge in [-0.2, -0.15) is 0 Å². The Labute approximate surface area is 96.1 Å². The van der Waals surface area contributed by atoms with Crippen molar-refractivity contribution in [2.75, 3.05) is 5.73 Å². The number of fused-ring (bicyclic) bond motifs is 1. The molecule has 1 nitrogen and oxygen atoms in total. The highest BCUT2D eigenvalue weighted by atomic mass is 79.9. The van der Waals surface area contributed by atoms with Crippen LogP contribution >= 0.6 is 27.3 Å². The second kappa shape index (κ2) is 3.91. The predicted octanol–water partition coefficient (Wildman–Crippen LogP) is 3.94. The molecule has 0 aliphatic rings. The quantitative estimate of drug-likeness (QED) is 0.822. The molecule has 0 bridgehead atoms. The number of nitrogens with two attached hydrogens (primary N) is 1. The van der Waals surface area contributed by atoms with Crippen LogP contribution in [0.3, 0.4) is 0 Å². The number of thiophene rings is 1. The molecule has 1 aromatic carbocycles. The van der Waals surface area contributed by atoms with Gasteiger partial charge in [-0.05, 0) is 18.1 Å². The van der Waals surface area contributed by atoms with E-state index in [9.17, 15) is 0 Å². The second-order valence-corrected chi connectivity index (χ2v) is 4.87. The molecule has 74 valence electrons. The highest BCUT2D eigenvalue weighted by Gasteiger charge is 2.10. The maximum atomic E-state index is 5.98. The number of benzene rings is 1. The van der Waals surface area contributed by atoms with Gasteiger partial charge in [0, 0.05) is 21.0 Å². The van der Waals surface area contributed by atoms with Crippen LogP contribution in [0, 0.1) is 0 Å². The number of halogens is 1. The summed E-state index contributed by atoms with van der Waals surface area (Å²) >= 11 is 5.18. The molecule has 3 heteroatoms. The Morgan fingerprint density at radius 2 is 2.21 bits per heavy atom. The SMILES string of the molecule is CCc1cccc2sc(N)c(CBr)c12. The third-order valence-corrected chi connectivity index (χ3v) is 4.03. The molecule has 0 aliphatic heterocycles. The second-order valence-electron chi connectivity index (χ2n) is 3.22. The molecule has 1 aromatic heterocycles. The van der Waals surface area contributed by atoms with Crippen molar-refractivity contribution in [1.29, 1.82) is 0 Å². The van der Waals surface area contributed by atoms with Crippen molar-refractivity contribution in [3.05, 3.63) is 29.3 Å². The van der Waals surface area contributed by atoms with Crippen LogP contribution in [-0.2, 0) is 11.8 Å². The van der Waals surface area contributed by atoms with Crippen molar-refractivity contribution in [1.82, 2.24) is 0 Å². The van der Waals surface area contributed by atoms with E-state index in [1.54, 1.807) is 11.3 Å². The van der Waals surface area contributed by atoms with E-state index in [0.29, 0.717) is 0 Å². The van der Waals surface area contributed by atoms with Crippen LogP contribution in [0.15, 0.2) is 18.2 Å². The van der Waals surface area contributed by atoms with Gasteiger partial charge in [0.15, 0.2) is 0 Å². The maximum absolute atomic E-state index is 5.98. The third-order valence-electron chi connectivity index (χ3n) is 2.45. The van der Waals surface area contributed by atoms with Gasteiger partial charge >= 0.3 is 0 Å². The minimum atomic E-state index is 0.843. The van der Waals surface area contributed by atoms with E-state index in [1.807, 2.05) is 0 Å². The van der Waals surface area contributed by atoms with Crippen molar-refractivity contribution in [3.8, 4) is 0 Å². The maximum Gasteiger partial charge on any atom is 0.0910 e. The molecule has 2 aromatic rings. The summed E-state index contributed by atoms with van der Waals surface area (Å²) in [6, 6.07) is 6.43.